The number of hydrogen-bond donors (Lipinski definition) is 1. The summed E-state index contributed by atoms with van der Waals surface area (Å²) >= 11 is 0. The van der Waals surface area contributed by atoms with Crippen molar-refractivity contribution in [2.75, 3.05) is 59.9 Å². The lowest BCUT2D eigenvalue weighted by atomic mass is 9.78. The summed E-state index contributed by atoms with van der Waals surface area (Å²) in [6.07, 6.45) is 13.5. The lowest BCUT2D eigenvalue weighted by Gasteiger charge is -2.39. The normalized spacial score (nSPS) is 22.8. The molecule has 0 amide bonds. The van der Waals surface area contributed by atoms with Crippen LogP contribution in [0, 0.1) is 23.7 Å². The number of nitrogens with one attached hydrogen (secondary N) is 1. The van der Waals surface area contributed by atoms with Crippen LogP contribution in [-0.4, -0.2) is 96.5 Å². The van der Waals surface area contributed by atoms with Crippen LogP contribution >= 0.6 is 0 Å². The molecule has 2 aliphatic heterocycles. The first kappa shape index (κ1) is 51.3. The Kier molecular flexibility index (Phi) is 18.9. The van der Waals surface area contributed by atoms with Gasteiger partial charge in [-0.05, 0) is 117 Å². The summed E-state index contributed by atoms with van der Waals surface area (Å²) in [4.78, 5) is 14.4. The summed E-state index contributed by atoms with van der Waals surface area (Å²) in [6.45, 7) is 10.8. The summed E-state index contributed by atoms with van der Waals surface area (Å²) in [5, 5.41) is 3.46. The third-order valence-corrected chi connectivity index (χ3v) is 18.2. The van der Waals surface area contributed by atoms with E-state index in [1.165, 1.54) is 87.4 Å². The second-order valence-electron chi connectivity index (χ2n) is 19.1. The molecule has 9 nitrogen and oxygen atoms in total. The molecule has 0 bridgehead atoms. The van der Waals surface area contributed by atoms with Gasteiger partial charge in [-0.15, -0.1) is 0 Å². The van der Waals surface area contributed by atoms with Gasteiger partial charge in [0.1, 0.15) is 6.29 Å². The third-order valence-electron chi connectivity index (χ3n) is 14.5. The maximum absolute atomic E-state index is 13.2. The molecule has 2 heterocycles. The Morgan fingerprint density at radius 1 is 0.609 bits per heavy atom. The molecule has 0 unspecified atom stereocenters. The number of hydrogen-bond acceptors (Lipinski definition) is 7. The van der Waals surface area contributed by atoms with Gasteiger partial charge in [0.2, 0.25) is 20.0 Å². The Labute approximate surface area is 387 Å². The maximum atomic E-state index is 13.2. The lowest BCUT2D eigenvalue weighted by molar-refractivity contribution is -0.108. The van der Waals surface area contributed by atoms with E-state index in [1.54, 1.807) is 73.0 Å². The molecule has 64 heavy (non-hydrogen) atoms. The molecular formula is C53H76N4O5S2. The Hall–Kier alpha value is -3.71. The van der Waals surface area contributed by atoms with Gasteiger partial charge in [-0.1, -0.05) is 144 Å². The number of rotatable bonds is 15. The smallest absolute Gasteiger partial charge is 0.242 e. The molecule has 4 aliphatic rings. The highest BCUT2D eigenvalue weighted by atomic mass is 32.2. The number of benzene rings is 4. The number of carbonyl (C=O) groups is 1. The average Bonchev–Trinajstić information content (AvgIpc) is 4.00. The van der Waals surface area contributed by atoms with Gasteiger partial charge in [-0.2, -0.15) is 0 Å². The van der Waals surface area contributed by atoms with Crippen molar-refractivity contribution in [3.63, 3.8) is 0 Å². The van der Waals surface area contributed by atoms with E-state index in [1.807, 2.05) is 49.4 Å². The first-order valence-electron chi connectivity index (χ1n) is 23.3. The molecule has 350 valence electrons. The number of likely N-dealkylation sites (tertiary alicyclic amines) is 1. The molecule has 11 heteroatoms. The van der Waals surface area contributed by atoms with Crippen LogP contribution in [0.25, 0.3) is 0 Å². The average molecular weight is 913 g/mol. The zero-order valence-corrected chi connectivity index (χ0v) is 39.8. The van der Waals surface area contributed by atoms with E-state index in [0.717, 1.165) is 48.5 Å². The SMILES string of the molecule is C.C1C[C@@H]2CCNC[C@@H]2C1.CN(C[C@@](C)(CC=O)c1ccccc1)S(=O)(=O)c1ccccc1.CN(C[C@@](C)(CCN1CC[C@H]2CCC[C@H]2C1)c1ccccc1)S(=O)(=O)c1ccccc1. The third kappa shape index (κ3) is 13.2. The zero-order chi connectivity index (χ0) is 44.9. The fourth-order valence-corrected chi connectivity index (χ4v) is 13.2. The number of piperidine rings is 2. The highest BCUT2D eigenvalue weighted by Gasteiger charge is 2.37. The maximum Gasteiger partial charge on any atom is 0.242 e. The van der Waals surface area contributed by atoms with Crippen LogP contribution in [0.4, 0.5) is 0 Å². The summed E-state index contributed by atoms with van der Waals surface area (Å²) in [5.74, 6) is 3.97. The number of fused-ring (bicyclic) bond motifs is 2. The van der Waals surface area contributed by atoms with Crippen molar-refractivity contribution in [3.8, 4) is 0 Å². The quantitative estimate of drug-likeness (QED) is 0.119. The van der Waals surface area contributed by atoms with E-state index in [4.69, 9.17) is 0 Å². The predicted octanol–water partition coefficient (Wildman–Crippen LogP) is 9.66. The van der Waals surface area contributed by atoms with Crippen LogP contribution in [-0.2, 0) is 35.7 Å². The number of sulfonamides is 2. The van der Waals surface area contributed by atoms with Crippen molar-refractivity contribution in [2.24, 2.45) is 23.7 Å². The summed E-state index contributed by atoms with van der Waals surface area (Å²) in [5.41, 5.74) is 1.34. The molecular weight excluding hydrogens is 837 g/mol. The largest absolute Gasteiger partial charge is 0.316 e. The molecule has 0 spiro atoms. The van der Waals surface area contributed by atoms with Crippen LogP contribution in [0.5, 0.6) is 0 Å². The monoisotopic (exact) mass is 913 g/mol. The van der Waals surface area contributed by atoms with Gasteiger partial charge in [0.05, 0.1) is 9.79 Å². The first-order valence-corrected chi connectivity index (χ1v) is 26.1. The Bertz CT molecular complexity index is 2200. The molecule has 2 saturated carbocycles. The van der Waals surface area contributed by atoms with Crippen LogP contribution < -0.4 is 5.32 Å². The van der Waals surface area contributed by atoms with Crippen LogP contribution in [0.2, 0.25) is 0 Å². The van der Waals surface area contributed by atoms with E-state index in [2.05, 4.69) is 41.4 Å². The molecule has 4 aromatic rings. The summed E-state index contributed by atoms with van der Waals surface area (Å²) in [7, 11) is -3.83. The van der Waals surface area contributed by atoms with E-state index >= 15 is 0 Å². The van der Waals surface area contributed by atoms with Gasteiger partial charge in [0.25, 0.3) is 0 Å². The van der Waals surface area contributed by atoms with E-state index in [9.17, 15) is 21.6 Å². The number of likely N-dealkylation sites (N-methyl/N-ethyl adjacent to an activating group) is 2. The van der Waals surface area contributed by atoms with Crippen molar-refractivity contribution in [2.45, 2.75) is 106 Å². The molecule has 2 aliphatic carbocycles. The van der Waals surface area contributed by atoms with Gasteiger partial charge in [-0.3, -0.25) is 0 Å². The van der Waals surface area contributed by atoms with Crippen molar-refractivity contribution in [1.82, 2.24) is 18.8 Å². The number of nitrogens with zero attached hydrogens (tertiary/aromatic N) is 3. The fourth-order valence-electron chi connectivity index (χ4n) is 10.6. The molecule has 0 aromatic heterocycles. The minimum atomic E-state index is -3.58. The highest BCUT2D eigenvalue weighted by Crippen LogP contribution is 2.39. The minimum Gasteiger partial charge on any atom is -0.316 e. The summed E-state index contributed by atoms with van der Waals surface area (Å²) < 4.78 is 54.6. The molecule has 6 atom stereocenters. The van der Waals surface area contributed by atoms with Gasteiger partial charge in [0.15, 0.2) is 0 Å². The molecule has 2 saturated heterocycles. The van der Waals surface area contributed by atoms with Gasteiger partial charge in [-0.25, -0.2) is 25.4 Å². The van der Waals surface area contributed by atoms with Crippen molar-refractivity contribution in [3.05, 3.63) is 132 Å². The predicted molar refractivity (Wildman–Crippen MR) is 262 cm³/mol. The zero-order valence-electron chi connectivity index (χ0n) is 38.2. The van der Waals surface area contributed by atoms with E-state index in [-0.39, 0.29) is 30.7 Å². The molecule has 4 fully saturated rings. The second-order valence-corrected chi connectivity index (χ2v) is 23.2. The highest BCUT2D eigenvalue weighted by molar-refractivity contribution is 7.89. The second kappa shape index (κ2) is 23.7. The van der Waals surface area contributed by atoms with Crippen molar-refractivity contribution in [1.29, 1.82) is 0 Å². The molecule has 1 N–H and O–H groups in total. The van der Waals surface area contributed by atoms with Crippen molar-refractivity contribution >= 4 is 26.3 Å². The number of aldehydes is 1. The Morgan fingerprint density at radius 2 is 1.05 bits per heavy atom. The van der Waals surface area contributed by atoms with E-state index in [0.29, 0.717) is 11.4 Å². The van der Waals surface area contributed by atoms with Crippen LogP contribution in [0.15, 0.2) is 131 Å². The molecule has 8 rings (SSSR count). The van der Waals surface area contributed by atoms with Crippen LogP contribution in [0.1, 0.15) is 96.6 Å². The standard InChI is InChI=1S/C26H36N2O2S.C18H21NO3S.C8H15N.CH4/c1-26(24-12-5-3-6-13-24,17-19-28-18-16-22-10-9-11-23(22)20-28)21-27(2)31(29,30)25-14-7-4-8-15-25;1-18(13-14-20,16-9-5-3-6-10-16)15-19(2)23(21,22)17-11-7-4-8-12-17;1-2-7-4-5-9-6-8(7)3-1;/h3-8,12-15,22-23H,9-11,16-21H2,1-2H3;3-12,14H,13,15H2,1-2H3;7-9H,1-6H2;1H4/t22-,23+,26-;18-;7-,8+;/m111./s1. The van der Waals surface area contributed by atoms with Gasteiger partial charge in [0, 0.05) is 51.0 Å². The van der Waals surface area contributed by atoms with Gasteiger partial charge < -0.3 is 15.0 Å². The number of carbonyl (C=O) groups excluding carboxylic acids is 1. The van der Waals surface area contributed by atoms with Crippen molar-refractivity contribution < 1.29 is 21.6 Å². The van der Waals surface area contributed by atoms with Gasteiger partial charge >= 0.3 is 0 Å². The Balaban J connectivity index is 0.000000204. The summed E-state index contributed by atoms with van der Waals surface area (Å²) in [6, 6.07) is 37.1. The topological polar surface area (TPSA) is 107 Å². The van der Waals surface area contributed by atoms with Crippen LogP contribution in [0.3, 0.4) is 0 Å². The van der Waals surface area contributed by atoms with E-state index < -0.39 is 25.5 Å². The molecule has 4 aromatic carbocycles. The fraction of sp³-hybridized carbons (Fsp3) is 0.528. The Morgan fingerprint density at radius 3 is 1.55 bits per heavy atom. The first-order chi connectivity index (χ1) is 30.2. The molecule has 0 radical (unpaired) electrons. The minimum absolute atomic E-state index is 0. The lowest BCUT2D eigenvalue weighted by Crippen LogP contribution is -2.44.